The van der Waals surface area contributed by atoms with Crippen LogP contribution in [-0.4, -0.2) is 54.5 Å². The number of piperazine rings is 2. The Balaban J connectivity index is 1.75. The lowest BCUT2D eigenvalue weighted by Gasteiger charge is -2.45. The maximum absolute atomic E-state index is 12.3. The Morgan fingerprint density at radius 3 is 2.89 bits per heavy atom. The van der Waals surface area contributed by atoms with E-state index in [-0.39, 0.29) is 11.9 Å². The fourth-order valence-corrected chi connectivity index (χ4v) is 3.07. The molecular weight excluding hydrogens is 238 g/mol. The Labute approximate surface area is 114 Å². The van der Waals surface area contributed by atoms with E-state index in [1.165, 1.54) is 5.56 Å². The van der Waals surface area contributed by atoms with Crippen molar-refractivity contribution in [2.75, 3.05) is 32.7 Å². The van der Waals surface area contributed by atoms with Crippen molar-refractivity contribution in [1.29, 1.82) is 0 Å². The Morgan fingerprint density at radius 1 is 1.32 bits per heavy atom. The minimum atomic E-state index is 0.165. The van der Waals surface area contributed by atoms with E-state index >= 15 is 0 Å². The Morgan fingerprint density at radius 2 is 2.11 bits per heavy atom. The van der Waals surface area contributed by atoms with Gasteiger partial charge in [-0.15, -0.1) is 0 Å². The average Bonchev–Trinajstić information content (AvgIpc) is 2.47. The molecule has 2 saturated heterocycles. The summed E-state index contributed by atoms with van der Waals surface area (Å²) in [6.45, 7) is 6.51. The Kier molecular flexibility index (Phi) is 3.53. The van der Waals surface area contributed by atoms with E-state index < -0.39 is 0 Å². The zero-order chi connectivity index (χ0) is 13.2. The molecule has 0 radical (unpaired) electrons. The van der Waals surface area contributed by atoms with Gasteiger partial charge in [-0.1, -0.05) is 30.3 Å². The predicted octanol–water partition coefficient (Wildman–Crippen LogP) is 0.864. The third-order valence-corrected chi connectivity index (χ3v) is 4.29. The van der Waals surface area contributed by atoms with Gasteiger partial charge in [0, 0.05) is 32.2 Å². The molecule has 4 heteroatoms. The lowest BCUT2D eigenvalue weighted by Crippen LogP contribution is -2.63. The van der Waals surface area contributed by atoms with Crippen molar-refractivity contribution in [2.24, 2.45) is 0 Å². The van der Waals surface area contributed by atoms with Gasteiger partial charge in [0.05, 0.1) is 12.6 Å². The van der Waals surface area contributed by atoms with E-state index in [9.17, 15) is 4.79 Å². The zero-order valence-electron chi connectivity index (χ0n) is 11.4. The molecule has 0 aromatic heterocycles. The van der Waals surface area contributed by atoms with Crippen LogP contribution in [0.5, 0.6) is 0 Å². The summed E-state index contributed by atoms with van der Waals surface area (Å²) in [6, 6.07) is 10.9. The Bertz CT molecular complexity index is 448. The highest BCUT2D eigenvalue weighted by molar-refractivity contribution is 5.79. The van der Waals surface area contributed by atoms with Gasteiger partial charge in [0.1, 0.15) is 0 Å². The molecule has 1 aromatic rings. The van der Waals surface area contributed by atoms with Gasteiger partial charge >= 0.3 is 0 Å². The van der Waals surface area contributed by atoms with Crippen molar-refractivity contribution < 1.29 is 4.79 Å². The van der Waals surface area contributed by atoms with E-state index in [0.29, 0.717) is 12.6 Å². The maximum atomic E-state index is 12.3. The van der Waals surface area contributed by atoms with Crippen LogP contribution in [0.3, 0.4) is 0 Å². The van der Waals surface area contributed by atoms with Gasteiger partial charge in [0.15, 0.2) is 0 Å². The summed E-state index contributed by atoms with van der Waals surface area (Å²) in [4.78, 5) is 16.7. The molecule has 2 unspecified atom stereocenters. The van der Waals surface area contributed by atoms with E-state index in [1.807, 2.05) is 23.1 Å². The Hall–Kier alpha value is -1.39. The van der Waals surface area contributed by atoms with Crippen LogP contribution >= 0.6 is 0 Å². The van der Waals surface area contributed by atoms with Gasteiger partial charge < -0.3 is 10.2 Å². The van der Waals surface area contributed by atoms with Gasteiger partial charge in [-0.25, -0.2) is 0 Å². The number of nitrogens with one attached hydrogen (secondary N) is 1. The van der Waals surface area contributed by atoms with Crippen LogP contribution in [0, 0.1) is 0 Å². The molecule has 102 valence electrons. The summed E-state index contributed by atoms with van der Waals surface area (Å²) in [6.07, 6.45) is 0. The maximum Gasteiger partial charge on any atom is 0.237 e. The number of nitrogens with zero attached hydrogens (tertiary/aromatic N) is 2. The first kappa shape index (κ1) is 12.6. The smallest absolute Gasteiger partial charge is 0.237 e. The number of rotatable bonds is 2. The van der Waals surface area contributed by atoms with Crippen molar-refractivity contribution in [3.8, 4) is 0 Å². The molecule has 4 nitrogen and oxygen atoms in total. The molecule has 1 N–H and O–H groups in total. The first-order valence-electron chi connectivity index (χ1n) is 7.05. The second-order valence-corrected chi connectivity index (χ2v) is 5.46. The molecule has 0 bridgehead atoms. The van der Waals surface area contributed by atoms with Crippen LogP contribution in [0.4, 0.5) is 0 Å². The topological polar surface area (TPSA) is 35.6 Å². The predicted molar refractivity (Wildman–Crippen MR) is 74.8 cm³/mol. The van der Waals surface area contributed by atoms with Crippen LogP contribution in [0.25, 0.3) is 0 Å². The number of carbonyl (C=O) groups excluding carboxylic acids is 1. The number of hydrogen-bond donors (Lipinski definition) is 1. The number of carbonyl (C=O) groups is 1. The molecule has 1 aromatic carbocycles. The summed E-state index contributed by atoms with van der Waals surface area (Å²) in [5.74, 6) is 0.259. The van der Waals surface area contributed by atoms with Crippen molar-refractivity contribution in [2.45, 2.75) is 19.0 Å². The van der Waals surface area contributed by atoms with Crippen molar-refractivity contribution >= 4 is 5.91 Å². The van der Waals surface area contributed by atoms with Crippen molar-refractivity contribution in [3.05, 3.63) is 35.9 Å². The highest BCUT2D eigenvalue weighted by Crippen LogP contribution is 2.24. The minimum absolute atomic E-state index is 0.165. The van der Waals surface area contributed by atoms with Crippen LogP contribution in [0.15, 0.2) is 30.3 Å². The van der Waals surface area contributed by atoms with Crippen molar-refractivity contribution in [1.82, 2.24) is 15.1 Å². The van der Waals surface area contributed by atoms with Gasteiger partial charge in [-0.05, 0) is 12.5 Å². The fraction of sp³-hybridized carbons (Fsp3) is 0.533. The quantitative estimate of drug-likeness (QED) is 0.856. The molecule has 2 aliphatic rings. The van der Waals surface area contributed by atoms with Crippen molar-refractivity contribution in [3.63, 3.8) is 0 Å². The average molecular weight is 259 g/mol. The summed E-state index contributed by atoms with van der Waals surface area (Å²) in [7, 11) is 0. The second-order valence-electron chi connectivity index (χ2n) is 5.46. The third-order valence-electron chi connectivity index (χ3n) is 4.29. The SMILES string of the molecule is CC(c1ccccc1)N1CC2CNCCN2CC1=O. The molecule has 2 aliphatic heterocycles. The number of amides is 1. The van der Waals surface area contributed by atoms with Gasteiger partial charge in [0.2, 0.25) is 5.91 Å². The molecule has 0 spiro atoms. The molecule has 0 aliphatic carbocycles. The highest BCUT2D eigenvalue weighted by Gasteiger charge is 2.35. The van der Waals surface area contributed by atoms with E-state index in [0.717, 1.165) is 26.2 Å². The molecule has 3 rings (SSSR count). The molecule has 19 heavy (non-hydrogen) atoms. The van der Waals surface area contributed by atoms with Gasteiger partial charge in [-0.3, -0.25) is 9.69 Å². The van der Waals surface area contributed by atoms with Crippen LogP contribution < -0.4 is 5.32 Å². The lowest BCUT2D eigenvalue weighted by atomic mass is 10.0. The van der Waals surface area contributed by atoms with Crippen LogP contribution in [0.1, 0.15) is 18.5 Å². The minimum Gasteiger partial charge on any atom is -0.333 e. The molecule has 0 saturated carbocycles. The second kappa shape index (κ2) is 5.31. The first-order chi connectivity index (χ1) is 9.25. The van der Waals surface area contributed by atoms with Crippen LogP contribution in [0.2, 0.25) is 0 Å². The molecule has 2 heterocycles. The zero-order valence-corrected chi connectivity index (χ0v) is 11.4. The summed E-state index contributed by atoms with van der Waals surface area (Å²) in [5, 5.41) is 3.42. The third kappa shape index (κ3) is 2.51. The molecule has 1 amide bonds. The van der Waals surface area contributed by atoms with E-state index in [4.69, 9.17) is 0 Å². The molecule has 2 fully saturated rings. The largest absolute Gasteiger partial charge is 0.333 e. The molecule has 2 atom stereocenters. The van der Waals surface area contributed by atoms with E-state index in [2.05, 4.69) is 29.3 Å². The summed E-state index contributed by atoms with van der Waals surface area (Å²) < 4.78 is 0. The summed E-state index contributed by atoms with van der Waals surface area (Å²) >= 11 is 0. The van der Waals surface area contributed by atoms with E-state index in [1.54, 1.807) is 0 Å². The van der Waals surface area contributed by atoms with Gasteiger partial charge in [0.25, 0.3) is 0 Å². The highest BCUT2D eigenvalue weighted by atomic mass is 16.2. The normalized spacial score (nSPS) is 26.1. The summed E-state index contributed by atoms with van der Waals surface area (Å²) in [5.41, 5.74) is 1.22. The molecular formula is C15H21N3O. The number of benzene rings is 1. The fourth-order valence-electron chi connectivity index (χ4n) is 3.07. The number of hydrogen-bond acceptors (Lipinski definition) is 3. The standard InChI is InChI=1S/C15H21N3O/c1-12(13-5-3-2-4-6-13)18-10-14-9-16-7-8-17(14)11-15(18)19/h2-6,12,14,16H,7-11H2,1H3. The lowest BCUT2D eigenvalue weighted by molar-refractivity contribution is -0.141. The van der Waals surface area contributed by atoms with Crippen LogP contribution in [-0.2, 0) is 4.79 Å². The monoisotopic (exact) mass is 259 g/mol. The first-order valence-corrected chi connectivity index (χ1v) is 7.05. The number of fused-ring (bicyclic) bond motifs is 1. The van der Waals surface area contributed by atoms with Gasteiger partial charge in [-0.2, -0.15) is 0 Å².